The van der Waals surface area contributed by atoms with E-state index in [0.717, 1.165) is 5.56 Å². The van der Waals surface area contributed by atoms with Crippen LogP contribution < -0.4 is 16.6 Å². The molecule has 0 aliphatic rings. The number of aryl methyl sites for hydroxylation is 1. The first-order valence-corrected chi connectivity index (χ1v) is 5.66. The van der Waals surface area contributed by atoms with Crippen LogP contribution in [0.3, 0.4) is 0 Å². The number of hydrazine groups is 1. The topological polar surface area (TPSA) is 106 Å². The molecule has 2 rings (SSSR count). The molecule has 7 nitrogen and oxygen atoms in total. The van der Waals surface area contributed by atoms with Crippen molar-refractivity contribution in [2.45, 2.75) is 6.92 Å². The molecule has 0 saturated heterocycles. The van der Waals surface area contributed by atoms with Crippen LogP contribution in [-0.4, -0.2) is 9.91 Å². The predicted molar refractivity (Wildman–Crippen MR) is 73.1 cm³/mol. The van der Waals surface area contributed by atoms with Gasteiger partial charge in [0.15, 0.2) is 0 Å². The fraction of sp³-hybridized carbons (Fsp3) is 0.0833. The van der Waals surface area contributed by atoms with Crippen LogP contribution in [0.4, 0.5) is 27.4 Å². The molecule has 2 aromatic rings. The minimum Gasteiger partial charge on any atom is -0.338 e. The van der Waals surface area contributed by atoms with E-state index in [4.69, 9.17) is 5.84 Å². The third kappa shape index (κ3) is 2.98. The largest absolute Gasteiger partial charge is 0.338 e. The molecule has 0 unspecified atom stereocenters. The zero-order chi connectivity index (χ0) is 14.7. The summed E-state index contributed by atoms with van der Waals surface area (Å²) in [6.45, 7) is 1.76. The Balaban J connectivity index is 2.37. The second kappa shape index (κ2) is 5.49. The number of nitrogen functional groups attached to an aromatic ring is 1. The minimum absolute atomic E-state index is 0.106. The van der Waals surface area contributed by atoms with Gasteiger partial charge in [0.25, 0.3) is 5.69 Å². The molecule has 1 aromatic heterocycles. The molecule has 0 radical (unpaired) electrons. The molecule has 0 bridgehead atoms. The molecule has 0 amide bonds. The molecule has 0 spiro atoms. The van der Waals surface area contributed by atoms with Gasteiger partial charge < -0.3 is 10.7 Å². The lowest BCUT2D eigenvalue weighted by Crippen LogP contribution is -2.10. The summed E-state index contributed by atoms with van der Waals surface area (Å²) in [4.78, 5) is 14.2. The fourth-order valence-corrected chi connectivity index (χ4v) is 1.62. The molecule has 104 valence electrons. The first-order valence-electron chi connectivity index (χ1n) is 5.66. The van der Waals surface area contributed by atoms with Gasteiger partial charge in [-0.1, -0.05) is 6.07 Å². The number of pyridine rings is 1. The van der Waals surface area contributed by atoms with Crippen LogP contribution in [0.15, 0.2) is 30.3 Å². The summed E-state index contributed by atoms with van der Waals surface area (Å²) in [7, 11) is 0. The van der Waals surface area contributed by atoms with E-state index in [1.807, 2.05) is 0 Å². The fourth-order valence-electron chi connectivity index (χ4n) is 1.62. The van der Waals surface area contributed by atoms with Gasteiger partial charge in [-0.2, -0.15) is 0 Å². The number of anilines is 3. The van der Waals surface area contributed by atoms with Crippen LogP contribution in [0.5, 0.6) is 0 Å². The van der Waals surface area contributed by atoms with Gasteiger partial charge in [0, 0.05) is 0 Å². The Bertz CT molecular complexity index is 662. The molecule has 20 heavy (non-hydrogen) atoms. The van der Waals surface area contributed by atoms with Crippen molar-refractivity contribution >= 4 is 23.0 Å². The Kier molecular flexibility index (Phi) is 3.76. The highest BCUT2D eigenvalue weighted by molar-refractivity contribution is 5.62. The summed E-state index contributed by atoms with van der Waals surface area (Å²) in [5.41, 5.74) is 2.96. The predicted octanol–water partition coefficient (Wildman–Crippen LogP) is 2.47. The Morgan fingerprint density at radius 1 is 1.30 bits per heavy atom. The van der Waals surface area contributed by atoms with Crippen molar-refractivity contribution in [1.82, 2.24) is 4.98 Å². The summed E-state index contributed by atoms with van der Waals surface area (Å²) in [6.07, 6.45) is 0. The van der Waals surface area contributed by atoms with Gasteiger partial charge in [-0.05, 0) is 24.6 Å². The van der Waals surface area contributed by atoms with Gasteiger partial charge in [0.1, 0.15) is 17.5 Å². The SMILES string of the molecule is Cc1ccc(Nc2cc([N+](=O)[O-])cc(NN)n2)c(F)c1. The van der Waals surface area contributed by atoms with E-state index in [1.165, 1.54) is 24.3 Å². The lowest BCUT2D eigenvalue weighted by molar-refractivity contribution is -0.384. The Morgan fingerprint density at radius 2 is 2.00 bits per heavy atom. The molecule has 4 N–H and O–H groups in total. The second-order valence-corrected chi connectivity index (χ2v) is 4.11. The van der Waals surface area contributed by atoms with Crippen molar-refractivity contribution in [2.75, 3.05) is 10.7 Å². The third-order valence-corrected chi connectivity index (χ3v) is 2.56. The molecule has 1 heterocycles. The molecule has 1 aromatic carbocycles. The second-order valence-electron chi connectivity index (χ2n) is 4.11. The van der Waals surface area contributed by atoms with E-state index >= 15 is 0 Å². The molecular formula is C12H12FN5O2. The first kappa shape index (κ1) is 13.7. The van der Waals surface area contributed by atoms with E-state index in [0.29, 0.717) is 0 Å². The van der Waals surface area contributed by atoms with E-state index in [9.17, 15) is 14.5 Å². The molecule has 0 aliphatic heterocycles. The molecule has 0 aliphatic carbocycles. The van der Waals surface area contributed by atoms with Crippen molar-refractivity contribution in [2.24, 2.45) is 5.84 Å². The maximum Gasteiger partial charge on any atom is 0.276 e. The number of aromatic nitrogens is 1. The van der Waals surface area contributed by atoms with Crippen LogP contribution in [0.25, 0.3) is 0 Å². The maximum atomic E-state index is 13.7. The standard InChI is InChI=1S/C12H12FN5O2/c1-7-2-3-10(9(13)4-7)15-11-5-8(18(19)20)6-12(16-11)17-14/h2-6H,14H2,1H3,(H2,15,16,17). The van der Waals surface area contributed by atoms with Crippen molar-refractivity contribution in [1.29, 1.82) is 0 Å². The molecule has 0 atom stereocenters. The number of hydrogen-bond donors (Lipinski definition) is 3. The average molecular weight is 277 g/mol. The first-order chi connectivity index (χ1) is 9.49. The summed E-state index contributed by atoms with van der Waals surface area (Å²) in [5.74, 6) is 4.95. The Hall–Kier alpha value is -2.74. The van der Waals surface area contributed by atoms with Crippen LogP contribution >= 0.6 is 0 Å². The zero-order valence-corrected chi connectivity index (χ0v) is 10.6. The Morgan fingerprint density at radius 3 is 2.60 bits per heavy atom. The summed E-state index contributed by atoms with van der Waals surface area (Å²) < 4.78 is 13.7. The van der Waals surface area contributed by atoms with Crippen molar-refractivity contribution in [3.05, 3.63) is 51.8 Å². The number of benzene rings is 1. The number of nitrogens with one attached hydrogen (secondary N) is 2. The summed E-state index contributed by atoms with van der Waals surface area (Å²) >= 11 is 0. The molecular weight excluding hydrogens is 265 g/mol. The molecule has 0 fully saturated rings. The quantitative estimate of drug-likeness (QED) is 0.450. The van der Waals surface area contributed by atoms with E-state index in [-0.39, 0.29) is 23.0 Å². The van der Waals surface area contributed by atoms with Gasteiger partial charge in [-0.25, -0.2) is 15.2 Å². The van der Waals surface area contributed by atoms with Crippen LogP contribution in [-0.2, 0) is 0 Å². The highest BCUT2D eigenvalue weighted by Gasteiger charge is 2.12. The highest BCUT2D eigenvalue weighted by atomic mass is 19.1. The summed E-state index contributed by atoms with van der Waals surface area (Å²) in [5, 5.41) is 13.5. The zero-order valence-electron chi connectivity index (χ0n) is 10.6. The normalized spacial score (nSPS) is 10.2. The number of hydrogen-bond acceptors (Lipinski definition) is 6. The van der Waals surface area contributed by atoms with Gasteiger partial charge in [0.2, 0.25) is 0 Å². The highest BCUT2D eigenvalue weighted by Crippen LogP contribution is 2.24. The number of halogens is 1. The van der Waals surface area contributed by atoms with Crippen molar-refractivity contribution < 1.29 is 9.31 Å². The van der Waals surface area contributed by atoms with E-state index in [2.05, 4.69) is 15.7 Å². The summed E-state index contributed by atoms with van der Waals surface area (Å²) in [6, 6.07) is 6.96. The van der Waals surface area contributed by atoms with Gasteiger partial charge in [-0.15, -0.1) is 0 Å². The van der Waals surface area contributed by atoms with Crippen LogP contribution in [0, 0.1) is 22.9 Å². The van der Waals surface area contributed by atoms with Crippen molar-refractivity contribution in [3.63, 3.8) is 0 Å². The lowest BCUT2D eigenvalue weighted by atomic mass is 10.2. The molecule has 0 saturated carbocycles. The van der Waals surface area contributed by atoms with Crippen LogP contribution in [0.1, 0.15) is 5.56 Å². The van der Waals surface area contributed by atoms with E-state index < -0.39 is 10.7 Å². The minimum atomic E-state index is -0.584. The average Bonchev–Trinajstić information content (AvgIpc) is 2.41. The third-order valence-electron chi connectivity index (χ3n) is 2.56. The van der Waals surface area contributed by atoms with Crippen LogP contribution in [0.2, 0.25) is 0 Å². The van der Waals surface area contributed by atoms with Gasteiger partial charge >= 0.3 is 0 Å². The maximum absolute atomic E-state index is 13.7. The van der Waals surface area contributed by atoms with Crippen molar-refractivity contribution in [3.8, 4) is 0 Å². The molecule has 8 heteroatoms. The number of nitro groups is 1. The number of nitrogens with zero attached hydrogens (tertiary/aromatic N) is 2. The number of rotatable bonds is 4. The Labute approximate surface area is 113 Å². The smallest absolute Gasteiger partial charge is 0.276 e. The van der Waals surface area contributed by atoms with E-state index in [1.54, 1.807) is 13.0 Å². The van der Waals surface area contributed by atoms with Gasteiger partial charge in [-0.3, -0.25) is 10.1 Å². The lowest BCUT2D eigenvalue weighted by Gasteiger charge is -2.09. The van der Waals surface area contributed by atoms with Gasteiger partial charge in [0.05, 0.1) is 22.7 Å². The number of nitrogens with two attached hydrogens (primary N) is 1. The monoisotopic (exact) mass is 277 g/mol.